The quantitative estimate of drug-likeness (QED) is 0.857. The summed E-state index contributed by atoms with van der Waals surface area (Å²) in [5.41, 5.74) is 7.17. The molecule has 2 aliphatic rings. The topological polar surface area (TPSA) is 66.6 Å². The maximum atomic E-state index is 13.0. The van der Waals surface area contributed by atoms with Gasteiger partial charge in [0.15, 0.2) is 0 Å². The van der Waals surface area contributed by atoms with Crippen molar-refractivity contribution in [3.05, 3.63) is 35.9 Å². The van der Waals surface area contributed by atoms with Crippen LogP contribution in [0, 0.1) is 11.3 Å². The Morgan fingerprint density at radius 1 is 1.11 bits per heavy atom. The Bertz CT molecular complexity index is 650. The first-order chi connectivity index (χ1) is 12.4. The van der Waals surface area contributed by atoms with Crippen molar-refractivity contribution in [3.63, 3.8) is 0 Å². The molecule has 2 atom stereocenters. The van der Waals surface area contributed by atoms with Gasteiger partial charge in [0.25, 0.3) is 0 Å². The fourth-order valence-electron chi connectivity index (χ4n) is 4.11. The van der Waals surface area contributed by atoms with Crippen molar-refractivity contribution in [2.45, 2.75) is 45.6 Å². The fraction of sp³-hybridized carbons (Fsp3) is 0.619. The van der Waals surface area contributed by atoms with Crippen LogP contribution in [-0.4, -0.2) is 53.8 Å². The van der Waals surface area contributed by atoms with Gasteiger partial charge in [0.05, 0.1) is 12.3 Å². The van der Waals surface area contributed by atoms with Gasteiger partial charge in [-0.15, -0.1) is 12.4 Å². The maximum Gasteiger partial charge on any atom is 0.227 e. The minimum atomic E-state index is -0.0754. The van der Waals surface area contributed by atoms with Crippen LogP contribution in [0.5, 0.6) is 0 Å². The third kappa shape index (κ3) is 5.23. The van der Waals surface area contributed by atoms with Gasteiger partial charge in [0.2, 0.25) is 11.8 Å². The molecule has 0 aromatic heterocycles. The summed E-state index contributed by atoms with van der Waals surface area (Å²) in [6.07, 6.45) is 3.03. The number of hydrogen-bond acceptors (Lipinski definition) is 3. The van der Waals surface area contributed by atoms with Gasteiger partial charge >= 0.3 is 0 Å². The molecule has 2 amide bonds. The molecular weight excluding hydrogens is 362 g/mol. The molecule has 0 radical (unpaired) electrons. The van der Waals surface area contributed by atoms with Gasteiger partial charge in [-0.1, -0.05) is 44.2 Å². The van der Waals surface area contributed by atoms with Crippen molar-refractivity contribution < 1.29 is 9.59 Å². The van der Waals surface area contributed by atoms with Gasteiger partial charge in [-0.2, -0.15) is 0 Å². The van der Waals surface area contributed by atoms with Gasteiger partial charge in [-0.25, -0.2) is 0 Å². The van der Waals surface area contributed by atoms with Crippen LogP contribution in [0.1, 0.15) is 38.7 Å². The van der Waals surface area contributed by atoms with E-state index in [4.69, 9.17) is 5.73 Å². The van der Waals surface area contributed by atoms with Crippen LogP contribution >= 0.6 is 12.4 Å². The van der Waals surface area contributed by atoms with Crippen molar-refractivity contribution in [1.29, 1.82) is 0 Å². The van der Waals surface area contributed by atoms with E-state index in [1.807, 2.05) is 40.1 Å². The Hall–Kier alpha value is -1.59. The van der Waals surface area contributed by atoms with Crippen molar-refractivity contribution in [1.82, 2.24) is 9.80 Å². The highest BCUT2D eigenvalue weighted by atomic mass is 35.5. The second kappa shape index (κ2) is 9.07. The van der Waals surface area contributed by atoms with Gasteiger partial charge in [0.1, 0.15) is 0 Å². The monoisotopic (exact) mass is 393 g/mol. The van der Waals surface area contributed by atoms with Gasteiger partial charge in [-0.05, 0) is 30.2 Å². The highest BCUT2D eigenvalue weighted by Crippen LogP contribution is 2.30. The molecule has 0 bridgehead atoms. The van der Waals surface area contributed by atoms with Gasteiger partial charge in [0, 0.05) is 32.2 Å². The molecule has 0 saturated carbocycles. The van der Waals surface area contributed by atoms with E-state index < -0.39 is 0 Å². The third-order valence-electron chi connectivity index (χ3n) is 5.95. The molecule has 2 N–H and O–H groups in total. The maximum absolute atomic E-state index is 13.0. The number of rotatable bonds is 3. The summed E-state index contributed by atoms with van der Waals surface area (Å²) >= 11 is 0. The highest BCUT2D eigenvalue weighted by Gasteiger charge is 2.38. The van der Waals surface area contributed by atoms with E-state index in [-0.39, 0.29) is 41.6 Å². The number of hydrogen-bond donors (Lipinski definition) is 1. The van der Waals surface area contributed by atoms with Gasteiger partial charge < -0.3 is 15.5 Å². The molecule has 0 spiro atoms. The number of benzene rings is 1. The first-order valence-electron chi connectivity index (χ1n) is 9.73. The van der Waals surface area contributed by atoms with Crippen LogP contribution in [0.2, 0.25) is 0 Å². The predicted molar refractivity (Wildman–Crippen MR) is 110 cm³/mol. The van der Waals surface area contributed by atoms with Crippen molar-refractivity contribution in [2.75, 3.05) is 26.2 Å². The Morgan fingerprint density at radius 2 is 1.81 bits per heavy atom. The average molecular weight is 394 g/mol. The molecule has 2 aliphatic heterocycles. The summed E-state index contributed by atoms with van der Waals surface area (Å²) < 4.78 is 0. The summed E-state index contributed by atoms with van der Waals surface area (Å²) in [4.78, 5) is 29.5. The molecule has 1 aromatic rings. The zero-order valence-electron chi connectivity index (χ0n) is 16.4. The first kappa shape index (κ1) is 21.7. The molecule has 6 heteroatoms. The molecule has 0 aliphatic carbocycles. The molecule has 5 nitrogen and oxygen atoms in total. The summed E-state index contributed by atoms with van der Waals surface area (Å²) in [6, 6.07) is 9.95. The Balaban J connectivity index is 0.00000261. The van der Waals surface area contributed by atoms with Crippen molar-refractivity contribution in [3.8, 4) is 0 Å². The number of piperidine rings is 2. The number of carbonyl (C=O) groups excluding carboxylic acids is 2. The smallest absolute Gasteiger partial charge is 0.227 e. The minimum Gasteiger partial charge on any atom is -0.342 e. The van der Waals surface area contributed by atoms with Gasteiger partial charge in [-0.3, -0.25) is 9.59 Å². The SMILES string of the molecule is CC1(C)CN(C(=O)C2CCCN(C(=O)Cc3ccccc3)C2)CCC1N.Cl. The Labute approximate surface area is 168 Å². The fourth-order valence-corrected chi connectivity index (χ4v) is 4.11. The highest BCUT2D eigenvalue weighted by molar-refractivity contribution is 5.85. The number of halogens is 1. The van der Waals surface area contributed by atoms with Crippen LogP contribution < -0.4 is 5.73 Å². The van der Waals surface area contributed by atoms with Crippen LogP contribution in [-0.2, 0) is 16.0 Å². The number of carbonyl (C=O) groups is 2. The van der Waals surface area contributed by atoms with Crippen LogP contribution in [0.4, 0.5) is 0 Å². The Kier molecular flexibility index (Phi) is 7.29. The average Bonchev–Trinajstić information content (AvgIpc) is 2.64. The first-order valence-corrected chi connectivity index (χ1v) is 9.73. The largest absolute Gasteiger partial charge is 0.342 e. The molecule has 1 aromatic carbocycles. The minimum absolute atomic E-state index is 0. The zero-order chi connectivity index (χ0) is 18.7. The van der Waals surface area contributed by atoms with Crippen LogP contribution in [0.25, 0.3) is 0 Å². The lowest BCUT2D eigenvalue weighted by atomic mass is 9.79. The molecule has 150 valence electrons. The van der Waals surface area contributed by atoms with E-state index in [1.165, 1.54) is 0 Å². The standard InChI is InChI=1S/C21H31N3O2.ClH/c1-21(2)15-24(12-10-18(21)22)20(26)17-9-6-11-23(14-17)19(25)13-16-7-4-3-5-8-16;/h3-5,7-8,17-18H,6,9-15,22H2,1-2H3;1H. The van der Waals surface area contributed by atoms with Crippen LogP contribution in [0.3, 0.4) is 0 Å². The second-order valence-corrected chi connectivity index (χ2v) is 8.48. The number of likely N-dealkylation sites (tertiary alicyclic amines) is 2. The Morgan fingerprint density at radius 3 is 2.48 bits per heavy atom. The normalized spacial score (nSPS) is 24.9. The van der Waals surface area contributed by atoms with E-state index in [2.05, 4.69) is 13.8 Å². The summed E-state index contributed by atoms with van der Waals surface area (Å²) in [5, 5.41) is 0. The summed E-state index contributed by atoms with van der Waals surface area (Å²) in [6.45, 7) is 7.01. The predicted octanol–water partition coefficient (Wildman–Crippen LogP) is 2.48. The van der Waals surface area contributed by atoms with E-state index in [1.54, 1.807) is 0 Å². The van der Waals surface area contributed by atoms with E-state index in [0.717, 1.165) is 37.9 Å². The van der Waals surface area contributed by atoms with Crippen molar-refractivity contribution in [2.24, 2.45) is 17.1 Å². The van der Waals surface area contributed by atoms with E-state index >= 15 is 0 Å². The zero-order valence-corrected chi connectivity index (χ0v) is 17.2. The number of nitrogens with two attached hydrogens (primary N) is 1. The number of amides is 2. The molecule has 3 rings (SSSR count). The molecule has 2 heterocycles. The molecule has 2 fully saturated rings. The molecule has 2 unspecified atom stereocenters. The number of nitrogens with zero attached hydrogens (tertiary/aromatic N) is 2. The lowest BCUT2D eigenvalue weighted by Gasteiger charge is -2.44. The van der Waals surface area contributed by atoms with Crippen LogP contribution in [0.15, 0.2) is 30.3 Å². The van der Waals surface area contributed by atoms with E-state index in [0.29, 0.717) is 19.5 Å². The van der Waals surface area contributed by atoms with E-state index in [9.17, 15) is 9.59 Å². The second-order valence-electron chi connectivity index (χ2n) is 8.48. The third-order valence-corrected chi connectivity index (χ3v) is 5.95. The summed E-state index contributed by atoms with van der Waals surface area (Å²) in [5.74, 6) is 0.241. The lowest BCUT2D eigenvalue weighted by Crippen LogP contribution is -2.56. The summed E-state index contributed by atoms with van der Waals surface area (Å²) in [7, 11) is 0. The van der Waals surface area contributed by atoms with Crippen molar-refractivity contribution >= 4 is 24.2 Å². The lowest BCUT2D eigenvalue weighted by molar-refractivity contribution is -0.143. The molecule has 27 heavy (non-hydrogen) atoms. The molecule has 2 saturated heterocycles. The molecular formula is C21H32ClN3O2.